The Hall–Kier alpha value is -0.850. The van der Waals surface area contributed by atoms with Crippen molar-refractivity contribution >= 4 is 5.96 Å². The van der Waals surface area contributed by atoms with Gasteiger partial charge >= 0.3 is 0 Å². The Bertz CT molecular complexity index is 339. The fraction of sp³-hybridized carbons (Fsp3) is 0.941. The third-order valence-corrected chi connectivity index (χ3v) is 4.69. The second-order valence-corrected chi connectivity index (χ2v) is 6.46. The van der Waals surface area contributed by atoms with Crippen LogP contribution in [0.5, 0.6) is 0 Å². The topological polar surface area (TPSA) is 49.3 Å². The minimum absolute atomic E-state index is 0.808. The van der Waals surface area contributed by atoms with Gasteiger partial charge in [-0.3, -0.25) is 9.89 Å². The van der Waals surface area contributed by atoms with Crippen molar-refractivity contribution in [2.45, 2.75) is 26.2 Å². The van der Waals surface area contributed by atoms with Gasteiger partial charge in [0.25, 0.3) is 0 Å². The van der Waals surface area contributed by atoms with E-state index >= 15 is 0 Å². The Morgan fingerprint density at radius 2 is 1.87 bits per heavy atom. The lowest BCUT2D eigenvalue weighted by Crippen LogP contribution is -2.41. The molecule has 0 aromatic carbocycles. The number of hydrogen-bond donors (Lipinski definition) is 1. The molecule has 0 aliphatic carbocycles. The van der Waals surface area contributed by atoms with E-state index in [0.29, 0.717) is 0 Å². The fourth-order valence-corrected chi connectivity index (χ4v) is 3.11. The SMILES string of the molecule is CCNC(=NCCN1CCOCC1)N(C)CCC1CCOCC1. The highest BCUT2D eigenvalue weighted by Gasteiger charge is 2.15. The average Bonchev–Trinajstić information content (AvgIpc) is 2.61. The van der Waals surface area contributed by atoms with E-state index in [0.717, 1.165) is 77.6 Å². The number of morpholine rings is 1. The van der Waals surface area contributed by atoms with Crippen LogP contribution < -0.4 is 5.32 Å². The molecule has 6 nitrogen and oxygen atoms in total. The molecule has 2 fully saturated rings. The molecule has 0 bridgehead atoms. The summed E-state index contributed by atoms with van der Waals surface area (Å²) in [7, 11) is 2.15. The van der Waals surface area contributed by atoms with Crippen LogP contribution in [0.2, 0.25) is 0 Å². The lowest BCUT2D eigenvalue weighted by molar-refractivity contribution is 0.0394. The molecule has 6 heteroatoms. The molecule has 0 spiro atoms. The maximum atomic E-state index is 5.44. The Kier molecular flexibility index (Phi) is 8.71. The van der Waals surface area contributed by atoms with Crippen molar-refractivity contribution in [3.8, 4) is 0 Å². The zero-order valence-corrected chi connectivity index (χ0v) is 14.9. The molecule has 1 N–H and O–H groups in total. The van der Waals surface area contributed by atoms with Crippen molar-refractivity contribution in [2.24, 2.45) is 10.9 Å². The van der Waals surface area contributed by atoms with Crippen molar-refractivity contribution < 1.29 is 9.47 Å². The van der Waals surface area contributed by atoms with Crippen LogP contribution in [0.1, 0.15) is 26.2 Å². The fourth-order valence-electron chi connectivity index (χ4n) is 3.11. The predicted molar refractivity (Wildman–Crippen MR) is 94.0 cm³/mol. The molecule has 0 atom stereocenters. The molecular formula is C17H34N4O2. The number of nitrogens with zero attached hydrogens (tertiary/aromatic N) is 3. The van der Waals surface area contributed by atoms with Crippen LogP contribution in [-0.2, 0) is 9.47 Å². The van der Waals surface area contributed by atoms with Gasteiger partial charge in [0.05, 0.1) is 19.8 Å². The van der Waals surface area contributed by atoms with Crippen molar-refractivity contribution in [3.05, 3.63) is 0 Å². The van der Waals surface area contributed by atoms with Crippen LogP contribution in [0.3, 0.4) is 0 Å². The number of guanidine groups is 1. The minimum Gasteiger partial charge on any atom is -0.381 e. The summed E-state index contributed by atoms with van der Waals surface area (Å²) >= 11 is 0. The quantitative estimate of drug-likeness (QED) is 0.559. The number of aliphatic imine (C=N–C) groups is 1. The molecule has 0 radical (unpaired) electrons. The van der Waals surface area contributed by atoms with E-state index in [1.165, 1.54) is 19.3 Å². The molecule has 0 aromatic heterocycles. The monoisotopic (exact) mass is 326 g/mol. The average molecular weight is 326 g/mol. The first-order valence-electron chi connectivity index (χ1n) is 9.17. The molecule has 0 amide bonds. The van der Waals surface area contributed by atoms with Gasteiger partial charge in [0.1, 0.15) is 0 Å². The Labute approximate surface area is 141 Å². The summed E-state index contributed by atoms with van der Waals surface area (Å²) in [6.07, 6.45) is 3.64. The van der Waals surface area contributed by atoms with Gasteiger partial charge in [0, 0.05) is 53.0 Å². The second-order valence-electron chi connectivity index (χ2n) is 6.46. The number of ether oxygens (including phenoxy) is 2. The lowest BCUT2D eigenvalue weighted by atomic mass is 9.96. The molecule has 2 aliphatic heterocycles. The molecule has 2 heterocycles. The summed E-state index contributed by atoms with van der Waals surface area (Å²) in [5, 5.41) is 3.42. The summed E-state index contributed by atoms with van der Waals surface area (Å²) < 4.78 is 10.8. The first kappa shape index (κ1) is 18.5. The van der Waals surface area contributed by atoms with Crippen LogP contribution in [0.25, 0.3) is 0 Å². The zero-order chi connectivity index (χ0) is 16.3. The zero-order valence-electron chi connectivity index (χ0n) is 14.9. The van der Waals surface area contributed by atoms with Crippen LogP contribution in [0.4, 0.5) is 0 Å². The van der Waals surface area contributed by atoms with Gasteiger partial charge in [-0.05, 0) is 32.1 Å². The van der Waals surface area contributed by atoms with Crippen molar-refractivity contribution in [3.63, 3.8) is 0 Å². The maximum Gasteiger partial charge on any atom is 0.193 e. The van der Waals surface area contributed by atoms with E-state index in [4.69, 9.17) is 14.5 Å². The van der Waals surface area contributed by atoms with Crippen LogP contribution in [-0.4, -0.2) is 88.5 Å². The molecule has 0 aromatic rings. The predicted octanol–water partition coefficient (Wildman–Crippen LogP) is 1.03. The normalized spacial score (nSPS) is 21.4. The first-order valence-corrected chi connectivity index (χ1v) is 9.17. The molecular weight excluding hydrogens is 292 g/mol. The summed E-state index contributed by atoms with van der Waals surface area (Å²) in [6.45, 7) is 11.6. The van der Waals surface area contributed by atoms with Crippen LogP contribution in [0, 0.1) is 5.92 Å². The number of rotatable bonds is 7. The van der Waals surface area contributed by atoms with Crippen molar-refractivity contribution in [2.75, 3.05) is 72.7 Å². The smallest absolute Gasteiger partial charge is 0.193 e. The maximum absolute atomic E-state index is 5.44. The molecule has 0 saturated carbocycles. The van der Waals surface area contributed by atoms with Gasteiger partial charge in [0.15, 0.2) is 5.96 Å². The molecule has 134 valence electrons. The van der Waals surface area contributed by atoms with Gasteiger partial charge in [-0.25, -0.2) is 0 Å². The van der Waals surface area contributed by atoms with Gasteiger partial charge in [-0.15, -0.1) is 0 Å². The van der Waals surface area contributed by atoms with Crippen molar-refractivity contribution in [1.82, 2.24) is 15.1 Å². The summed E-state index contributed by atoms with van der Waals surface area (Å²) in [5.41, 5.74) is 0. The van der Waals surface area contributed by atoms with E-state index in [2.05, 4.69) is 29.1 Å². The molecule has 2 aliphatic rings. The second kappa shape index (κ2) is 10.8. The Morgan fingerprint density at radius 1 is 1.17 bits per heavy atom. The highest BCUT2D eigenvalue weighted by molar-refractivity contribution is 5.79. The Balaban J connectivity index is 1.72. The number of nitrogens with one attached hydrogen (secondary N) is 1. The first-order chi connectivity index (χ1) is 11.3. The molecule has 0 unspecified atom stereocenters. The molecule has 2 saturated heterocycles. The minimum atomic E-state index is 0.808. The molecule has 23 heavy (non-hydrogen) atoms. The van der Waals surface area contributed by atoms with E-state index in [-0.39, 0.29) is 0 Å². The van der Waals surface area contributed by atoms with E-state index in [9.17, 15) is 0 Å². The summed E-state index contributed by atoms with van der Waals surface area (Å²) in [6, 6.07) is 0. The standard InChI is InChI=1S/C17H34N4O2/c1-3-18-17(19-7-9-21-10-14-23-15-11-21)20(2)8-4-16-5-12-22-13-6-16/h16H,3-15H2,1-2H3,(H,18,19). The highest BCUT2D eigenvalue weighted by atomic mass is 16.5. The van der Waals surface area contributed by atoms with Gasteiger partial charge in [-0.1, -0.05) is 0 Å². The summed E-state index contributed by atoms with van der Waals surface area (Å²) in [5.74, 6) is 1.84. The lowest BCUT2D eigenvalue weighted by Gasteiger charge is -2.28. The van der Waals surface area contributed by atoms with Gasteiger partial charge < -0.3 is 19.7 Å². The Morgan fingerprint density at radius 3 is 2.57 bits per heavy atom. The van der Waals surface area contributed by atoms with Crippen LogP contribution >= 0.6 is 0 Å². The van der Waals surface area contributed by atoms with Crippen LogP contribution in [0.15, 0.2) is 4.99 Å². The molecule has 2 rings (SSSR count). The largest absolute Gasteiger partial charge is 0.381 e. The van der Waals surface area contributed by atoms with E-state index < -0.39 is 0 Å². The number of hydrogen-bond acceptors (Lipinski definition) is 4. The van der Waals surface area contributed by atoms with Crippen molar-refractivity contribution in [1.29, 1.82) is 0 Å². The van der Waals surface area contributed by atoms with E-state index in [1.54, 1.807) is 0 Å². The summed E-state index contributed by atoms with van der Waals surface area (Å²) in [4.78, 5) is 9.50. The van der Waals surface area contributed by atoms with Gasteiger partial charge in [0.2, 0.25) is 0 Å². The van der Waals surface area contributed by atoms with Gasteiger partial charge in [-0.2, -0.15) is 0 Å². The third kappa shape index (κ3) is 7.06. The highest BCUT2D eigenvalue weighted by Crippen LogP contribution is 2.18. The van der Waals surface area contributed by atoms with E-state index in [1.807, 2.05) is 0 Å². The third-order valence-electron chi connectivity index (χ3n) is 4.69.